The molecule has 3 aromatic rings. The number of hydrogen-bond donors (Lipinski definition) is 1. The average Bonchev–Trinajstić information content (AvgIpc) is 2.52. The second kappa shape index (κ2) is 5.96. The van der Waals surface area contributed by atoms with Crippen LogP contribution in [0.25, 0.3) is 10.8 Å². The lowest BCUT2D eigenvalue weighted by molar-refractivity contribution is 0.637. The molecule has 0 aliphatic carbocycles. The third-order valence-electron chi connectivity index (χ3n) is 3.71. The molecule has 0 spiro atoms. The Bertz CT molecular complexity index is 768. The number of hydrogen-bond acceptors (Lipinski definition) is 1. The van der Waals surface area contributed by atoms with Crippen LogP contribution in [-0.4, -0.2) is 7.05 Å². The van der Waals surface area contributed by atoms with Crippen molar-refractivity contribution in [2.45, 2.75) is 6.04 Å². The molecule has 0 fully saturated rings. The van der Waals surface area contributed by atoms with Gasteiger partial charge < -0.3 is 5.32 Å². The van der Waals surface area contributed by atoms with Crippen LogP contribution in [0.5, 0.6) is 0 Å². The monoisotopic (exact) mass is 343 g/mol. The molecule has 0 saturated carbocycles. The first-order valence-corrected chi connectivity index (χ1v) is 7.60. The Hall–Kier alpha value is -1.71. The summed E-state index contributed by atoms with van der Waals surface area (Å²) in [4.78, 5) is 0. The van der Waals surface area contributed by atoms with E-state index in [0.717, 1.165) is 21.0 Å². The molecule has 0 radical (unpaired) electrons. The molecule has 3 rings (SSSR count). The second-order valence-electron chi connectivity index (χ2n) is 4.96. The lowest BCUT2D eigenvalue weighted by Crippen LogP contribution is -2.18. The van der Waals surface area contributed by atoms with Crippen LogP contribution in [0, 0.1) is 5.82 Å². The van der Waals surface area contributed by atoms with Gasteiger partial charge in [-0.3, -0.25) is 0 Å². The quantitative estimate of drug-likeness (QED) is 0.701. The maximum Gasteiger partial charge on any atom is 0.131 e. The summed E-state index contributed by atoms with van der Waals surface area (Å²) >= 11 is 3.45. The third-order valence-corrected chi connectivity index (χ3v) is 4.24. The molecular formula is C18H15BrFN. The number of fused-ring (bicyclic) bond motifs is 1. The summed E-state index contributed by atoms with van der Waals surface area (Å²) in [6.45, 7) is 0. The van der Waals surface area contributed by atoms with Crippen LogP contribution in [0.4, 0.5) is 4.39 Å². The van der Waals surface area contributed by atoms with Crippen molar-refractivity contribution >= 4 is 26.7 Å². The molecule has 0 aliphatic rings. The van der Waals surface area contributed by atoms with Gasteiger partial charge in [0.25, 0.3) is 0 Å². The summed E-state index contributed by atoms with van der Waals surface area (Å²) < 4.78 is 15.0. The second-order valence-corrected chi connectivity index (χ2v) is 5.87. The normalized spacial score (nSPS) is 12.5. The van der Waals surface area contributed by atoms with Gasteiger partial charge in [-0.1, -0.05) is 58.4 Å². The first kappa shape index (κ1) is 14.2. The molecule has 0 aliphatic heterocycles. The average molecular weight is 344 g/mol. The van der Waals surface area contributed by atoms with E-state index in [1.54, 1.807) is 6.07 Å². The molecular weight excluding hydrogens is 329 g/mol. The van der Waals surface area contributed by atoms with Crippen molar-refractivity contribution in [3.63, 3.8) is 0 Å². The summed E-state index contributed by atoms with van der Waals surface area (Å²) in [5.74, 6) is -0.181. The highest BCUT2D eigenvalue weighted by molar-refractivity contribution is 9.10. The number of halogens is 2. The zero-order valence-electron chi connectivity index (χ0n) is 11.6. The van der Waals surface area contributed by atoms with Crippen LogP contribution >= 0.6 is 15.9 Å². The fourth-order valence-corrected chi connectivity index (χ4v) is 2.96. The van der Waals surface area contributed by atoms with Crippen LogP contribution < -0.4 is 5.32 Å². The summed E-state index contributed by atoms with van der Waals surface area (Å²) in [5, 5.41) is 4.93. The molecule has 1 unspecified atom stereocenters. The molecule has 3 heteroatoms. The molecule has 1 nitrogen and oxygen atoms in total. The van der Waals surface area contributed by atoms with E-state index >= 15 is 0 Å². The fourth-order valence-electron chi connectivity index (χ4n) is 2.69. The van der Waals surface area contributed by atoms with E-state index < -0.39 is 0 Å². The summed E-state index contributed by atoms with van der Waals surface area (Å²) in [6, 6.07) is 19.2. The first-order chi connectivity index (χ1) is 10.2. The fraction of sp³-hybridized carbons (Fsp3) is 0.111. The van der Waals surface area contributed by atoms with Gasteiger partial charge in [0.1, 0.15) is 5.82 Å². The summed E-state index contributed by atoms with van der Waals surface area (Å²) in [7, 11) is 1.92. The van der Waals surface area contributed by atoms with Gasteiger partial charge in [0.05, 0.1) is 6.04 Å². The van der Waals surface area contributed by atoms with Crippen LogP contribution in [-0.2, 0) is 0 Å². The molecule has 3 aromatic carbocycles. The zero-order valence-corrected chi connectivity index (χ0v) is 13.2. The van der Waals surface area contributed by atoms with Gasteiger partial charge in [-0.2, -0.15) is 0 Å². The van der Waals surface area contributed by atoms with Crippen molar-refractivity contribution in [2.24, 2.45) is 0 Å². The van der Waals surface area contributed by atoms with Crippen molar-refractivity contribution in [3.8, 4) is 0 Å². The molecule has 0 saturated heterocycles. The predicted octanol–water partition coefficient (Wildman–Crippen LogP) is 5.05. The third kappa shape index (κ3) is 2.71. The Balaban J connectivity index is 2.17. The smallest absolute Gasteiger partial charge is 0.131 e. The van der Waals surface area contributed by atoms with Crippen LogP contribution in [0.3, 0.4) is 0 Å². The maximum atomic E-state index is 14.0. The maximum absolute atomic E-state index is 14.0. The van der Waals surface area contributed by atoms with E-state index in [1.165, 1.54) is 0 Å². The Morgan fingerprint density at radius 2 is 1.57 bits per heavy atom. The van der Waals surface area contributed by atoms with Crippen molar-refractivity contribution in [2.75, 3.05) is 7.05 Å². The van der Waals surface area contributed by atoms with Crippen LogP contribution in [0.1, 0.15) is 17.2 Å². The first-order valence-electron chi connectivity index (χ1n) is 6.80. The summed E-state index contributed by atoms with van der Waals surface area (Å²) in [6.07, 6.45) is 0. The lowest BCUT2D eigenvalue weighted by atomic mass is 9.93. The molecule has 0 aromatic heterocycles. The molecule has 1 atom stereocenters. The van der Waals surface area contributed by atoms with Crippen molar-refractivity contribution in [1.82, 2.24) is 5.32 Å². The highest BCUT2D eigenvalue weighted by Crippen LogP contribution is 2.30. The van der Waals surface area contributed by atoms with Crippen LogP contribution in [0.15, 0.2) is 65.1 Å². The van der Waals surface area contributed by atoms with Gasteiger partial charge in [-0.15, -0.1) is 0 Å². The number of benzene rings is 3. The van der Waals surface area contributed by atoms with E-state index in [1.807, 2.05) is 49.5 Å². The highest BCUT2D eigenvalue weighted by atomic mass is 79.9. The van der Waals surface area contributed by atoms with Crippen molar-refractivity contribution in [1.29, 1.82) is 0 Å². The topological polar surface area (TPSA) is 12.0 Å². The van der Waals surface area contributed by atoms with Gasteiger partial charge in [-0.05, 0) is 41.8 Å². The molecule has 0 amide bonds. The lowest BCUT2D eigenvalue weighted by Gasteiger charge is -2.19. The van der Waals surface area contributed by atoms with Crippen LogP contribution in [0.2, 0.25) is 0 Å². The largest absolute Gasteiger partial charge is 0.309 e. The Kier molecular flexibility index (Phi) is 4.04. The van der Waals surface area contributed by atoms with Gasteiger partial charge in [-0.25, -0.2) is 4.39 Å². The predicted molar refractivity (Wildman–Crippen MR) is 89.0 cm³/mol. The molecule has 0 bridgehead atoms. The van der Waals surface area contributed by atoms with E-state index in [9.17, 15) is 4.39 Å². The minimum Gasteiger partial charge on any atom is -0.309 e. The zero-order chi connectivity index (χ0) is 14.8. The van der Waals surface area contributed by atoms with Gasteiger partial charge in [0, 0.05) is 9.86 Å². The molecule has 21 heavy (non-hydrogen) atoms. The van der Waals surface area contributed by atoms with Gasteiger partial charge in [0.15, 0.2) is 0 Å². The van der Waals surface area contributed by atoms with Crippen molar-refractivity contribution in [3.05, 3.63) is 82.1 Å². The Labute approximate surface area is 131 Å². The molecule has 1 N–H and O–H groups in total. The van der Waals surface area contributed by atoms with E-state index in [0.29, 0.717) is 5.39 Å². The van der Waals surface area contributed by atoms with E-state index in [-0.39, 0.29) is 11.9 Å². The van der Waals surface area contributed by atoms with Gasteiger partial charge >= 0.3 is 0 Å². The molecule has 0 heterocycles. The standard InChI is InChI=1S/C18H15BrFN/c1-21-18(12-6-8-13(19)9-7-12)16-10-11-17(20)15-5-3-2-4-14(15)16/h2-11,18,21H,1H3. The van der Waals surface area contributed by atoms with Crippen molar-refractivity contribution < 1.29 is 4.39 Å². The Morgan fingerprint density at radius 1 is 0.905 bits per heavy atom. The number of nitrogens with one attached hydrogen (secondary N) is 1. The van der Waals surface area contributed by atoms with E-state index in [4.69, 9.17) is 0 Å². The minimum atomic E-state index is -0.181. The van der Waals surface area contributed by atoms with E-state index in [2.05, 4.69) is 33.4 Å². The highest BCUT2D eigenvalue weighted by Gasteiger charge is 2.16. The van der Waals surface area contributed by atoms with Gasteiger partial charge in [0.2, 0.25) is 0 Å². The Morgan fingerprint density at radius 3 is 2.24 bits per heavy atom. The summed E-state index contributed by atoms with van der Waals surface area (Å²) in [5.41, 5.74) is 2.23. The molecule has 106 valence electrons. The number of rotatable bonds is 3. The SMILES string of the molecule is CNC(c1ccc(Br)cc1)c1ccc(F)c2ccccc12. The minimum absolute atomic E-state index is 0.0311.